The van der Waals surface area contributed by atoms with Crippen LogP contribution in [0.3, 0.4) is 0 Å². The van der Waals surface area contributed by atoms with E-state index in [1.54, 1.807) is 12.1 Å². The second kappa shape index (κ2) is 4.06. The van der Waals surface area contributed by atoms with Crippen molar-refractivity contribution in [1.29, 1.82) is 0 Å². The van der Waals surface area contributed by atoms with Gasteiger partial charge < -0.3 is 10.5 Å². The summed E-state index contributed by atoms with van der Waals surface area (Å²) in [6.07, 6.45) is 3.42. The summed E-state index contributed by atoms with van der Waals surface area (Å²) < 4.78 is 30.8. The number of hydrogen-bond donors (Lipinski definition) is 1. The van der Waals surface area contributed by atoms with E-state index in [1.165, 1.54) is 0 Å². The van der Waals surface area contributed by atoms with Crippen molar-refractivity contribution in [2.45, 2.75) is 42.3 Å². The Kier molecular flexibility index (Phi) is 2.60. The Morgan fingerprint density at radius 1 is 1.30 bits per heavy atom. The van der Waals surface area contributed by atoms with Gasteiger partial charge in [0.25, 0.3) is 0 Å². The number of hydrogen-bond acceptors (Lipinski definition) is 4. The molecule has 4 unspecified atom stereocenters. The van der Waals surface area contributed by atoms with Crippen LogP contribution >= 0.6 is 0 Å². The zero-order chi connectivity index (χ0) is 14.0. The van der Waals surface area contributed by atoms with Crippen LogP contribution in [0.25, 0.3) is 0 Å². The van der Waals surface area contributed by atoms with Crippen molar-refractivity contribution in [1.82, 2.24) is 0 Å². The molecule has 108 valence electrons. The van der Waals surface area contributed by atoms with Crippen LogP contribution in [-0.2, 0) is 14.6 Å². The van der Waals surface area contributed by atoms with Crippen molar-refractivity contribution in [3.63, 3.8) is 0 Å². The minimum atomic E-state index is -3.17. The van der Waals surface area contributed by atoms with Gasteiger partial charge in [-0.2, -0.15) is 0 Å². The van der Waals surface area contributed by atoms with E-state index in [2.05, 4.69) is 0 Å². The first-order chi connectivity index (χ1) is 9.57. The normalized spacial score (nSPS) is 41.0. The van der Waals surface area contributed by atoms with Crippen molar-refractivity contribution >= 4 is 9.84 Å². The highest BCUT2D eigenvalue weighted by molar-refractivity contribution is 7.91. The monoisotopic (exact) mass is 293 g/mol. The van der Waals surface area contributed by atoms with Gasteiger partial charge >= 0.3 is 0 Å². The van der Waals surface area contributed by atoms with E-state index >= 15 is 0 Å². The second-order valence-corrected chi connectivity index (χ2v) is 8.34. The summed E-state index contributed by atoms with van der Waals surface area (Å²) in [6.45, 7) is 0.503. The maximum atomic E-state index is 12.4. The fourth-order valence-corrected chi connectivity index (χ4v) is 6.47. The minimum Gasteiger partial charge on any atom is -0.374 e. The molecule has 1 aromatic carbocycles. The highest BCUT2D eigenvalue weighted by atomic mass is 32.2. The van der Waals surface area contributed by atoms with Crippen LogP contribution in [-0.4, -0.2) is 32.9 Å². The van der Waals surface area contributed by atoms with Crippen LogP contribution in [0, 0.1) is 5.41 Å². The van der Waals surface area contributed by atoms with Gasteiger partial charge in [0.05, 0.1) is 22.9 Å². The van der Waals surface area contributed by atoms with Gasteiger partial charge in [0.15, 0.2) is 9.84 Å². The fraction of sp³-hybridized carbons (Fsp3) is 0.600. The van der Waals surface area contributed by atoms with Gasteiger partial charge in [-0.15, -0.1) is 0 Å². The molecule has 4 atom stereocenters. The SMILES string of the molecule is NCC1(C2CS(=O)(=O)c3ccccc32)CC2CCC1O2. The molecule has 4 nitrogen and oxygen atoms in total. The van der Waals surface area contributed by atoms with Crippen LogP contribution in [0.2, 0.25) is 0 Å². The molecule has 3 aliphatic heterocycles. The van der Waals surface area contributed by atoms with E-state index in [9.17, 15) is 8.42 Å². The van der Waals surface area contributed by atoms with Crippen molar-refractivity contribution < 1.29 is 13.2 Å². The van der Waals surface area contributed by atoms with E-state index in [4.69, 9.17) is 10.5 Å². The molecule has 0 aromatic heterocycles. The Morgan fingerprint density at radius 3 is 2.75 bits per heavy atom. The van der Waals surface area contributed by atoms with E-state index in [1.807, 2.05) is 12.1 Å². The van der Waals surface area contributed by atoms with Crippen LogP contribution in [0.4, 0.5) is 0 Å². The highest BCUT2D eigenvalue weighted by Crippen LogP contribution is 2.57. The van der Waals surface area contributed by atoms with E-state index in [-0.39, 0.29) is 29.3 Å². The average molecular weight is 293 g/mol. The number of benzene rings is 1. The van der Waals surface area contributed by atoms with Crippen LogP contribution in [0.5, 0.6) is 0 Å². The molecule has 2 saturated heterocycles. The summed E-state index contributed by atoms with van der Waals surface area (Å²) in [4.78, 5) is 0.501. The van der Waals surface area contributed by atoms with Crippen LogP contribution in [0.1, 0.15) is 30.7 Å². The summed E-state index contributed by atoms with van der Waals surface area (Å²) in [7, 11) is -3.17. The molecular weight excluding hydrogens is 274 g/mol. The Labute approximate surface area is 119 Å². The first kappa shape index (κ1) is 12.8. The molecule has 0 radical (unpaired) electrons. The number of ether oxygens (including phenoxy) is 1. The van der Waals surface area contributed by atoms with Gasteiger partial charge in [0, 0.05) is 17.9 Å². The number of rotatable bonds is 2. The lowest BCUT2D eigenvalue weighted by atomic mass is 9.64. The highest BCUT2D eigenvalue weighted by Gasteiger charge is 2.58. The third-order valence-corrected chi connectivity index (χ3v) is 7.26. The van der Waals surface area contributed by atoms with Gasteiger partial charge in [-0.1, -0.05) is 18.2 Å². The van der Waals surface area contributed by atoms with Gasteiger partial charge in [-0.25, -0.2) is 8.42 Å². The Morgan fingerprint density at radius 2 is 2.10 bits per heavy atom. The fourth-order valence-electron chi connectivity index (χ4n) is 4.48. The lowest BCUT2D eigenvalue weighted by molar-refractivity contribution is 0.0542. The third-order valence-electron chi connectivity index (χ3n) is 5.45. The van der Waals surface area contributed by atoms with Crippen molar-refractivity contribution in [3.05, 3.63) is 29.8 Å². The minimum absolute atomic E-state index is 0.0102. The van der Waals surface area contributed by atoms with Gasteiger partial charge in [-0.05, 0) is 30.9 Å². The molecule has 20 heavy (non-hydrogen) atoms. The Hall–Kier alpha value is -0.910. The summed E-state index contributed by atoms with van der Waals surface area (Å²) in [5.74, 6) is 0.180. The number of fused-ring (bicyclic) bond motifs is 3. The Balaban J connectivity index is 1.84. The quantitative estimate of drug-likeness (QED) is 0.896. The maximum Gasteiger partial charge on any atom is 0.179 e. The molecule has 0 spiro atoms. The van der Waals surface area contributed by atoms with E-state index in [0.29, 0.717) is 11.4 Å². The molecule has 2 N–H and O–H groups in total. The summed E-state index contributed by atoms with van der Waals surface area (Å²) in [6, 6.07) is 7.40. The topological polar surface area (TPSA) is 69.4 Å². The molecule has 0 aliphatic carbocycles. The maximum absolute atomic E-state index is 12.4. The standard InChI is InChI=1S/C15H19NO3S/c16-9-15(7-10-5-6-14(15)19-10)12-8-20(17,18)13-4-2-1-3-11(12)13/h1-4,10,12,14H,5-9,16H2. The lowest BCUT2D eigenvalue weighted by Crippen LogP contribution is -2.45. The molecule has 0 amide bonds. The van der Waals surface area contributed by atoms with E-state index in [0.717, 1.165) is 24.8 Å². The summed E-state index contributed by atoms with van der Waals surface area (Å²) in [5, 5.41) is 0. The first-order valence-electron chi connectivity index (χ1n) is 7.24. The van der Waals surface area contributed by atoms with Gasteiger partial charge in [0.2, 0.25) is 0 Å². The smallest absolute Gasteiger partial charge is 0.179 e. The second-order valence-electron chi connectivity index (χ2n) is 6.34. The van der Waals surface area contributed by atoms with Crippen LogP contribution < -0.4 is 5.73 Å². The van der Waals surface area contributed by atoms with Crippen molar-refractivity contribution in [2.75, 3.05) is 12.3 Å². The van der Waals surface area contributed by atoms with Gasteiger partial charge in [-0.3, -0.25) is 0 Å². The average Bonchev–Trinajstić information content (AvgIpc) is 3.11. The van der Waals surface area contributed by atoms with E-state index < -0.39 is 9.84 Å². The number of nitrogens with two attached hydrogens (primary N) is 1. The van der Waals surface area contributed by atoms with Crippen molar-refractivity contribution in [2.24, 2.45) is 11.1 Å². The van der Waals surface area contributed by atoms with Gasteiger partial charge in [0.1, 0.15) is 0 Å². The molecule has 3 heterocycles. The summed E-state index contributed by atoms with van der Waals surface area (Å²) >= 11 is 0. The molecular formula is C15H19NO3S. The predicted molar refractivity (Wildman–Crippen MR) is 75.2 cm³/mol. The zero-order valence-electron chi connectivity index (χ0n) is 11.3. The molecule has 5 heteroatoms. The van der Waals surface area contributed by atoms with Crippen LogP contribution in [0.15, 0.2) is 29.2 Å². The zero-order valence-corrected chi connectivity index (χ0v) is 12.1. The Bertz CT molecular complexity index is 657. The molecule has 1 aromatic rings. The molecule has 2 bridgehead atoms. The lowest BCUT2D eigenvalue weighted by Gasteiger charge is -2.39. The summed E-state index contributed by atoms with van der Waals surface area (Å²) in [5.41, 5.74) is 6.87. The molecule has 0 saturated carbocycles. The molecule has 3 aliphatic rings. The largest absolute Gasteiger partial charge is 0.374 e. The first-order valence-corrected chi connectivity index (χ1v) is 8.89. The number of sulfone groups is 1. The van der Waals surface area contributed by atoms with Crippen molar-refractivity contribution in [3.8, 4) is 0 Å². The predicted octanol–water partition coefficient (Wildman–Crippen LogP) is 1.45. The molecule has 4 rings (SSSR count). The third kappa shape index (κ3) is 1.51. The molecule has 2 fully saturated rings.